The van der Waals surface area contributed by atoms with Crippen molar-refractivity contribution in [3.8, 4) is 0 Å². The smallest absolute Gasteiger partial charge is 0.328 e. The summed E-state index contributed by atoms with van der Waals surface area (Å²) in [4.78, 5) is 21.6. The quantitative estimate of drug-likeness (QED) is 0.513. The van der Waals surface area contributed by atoms with Crippen LogP contribution in [-0.4, -0.2) is 24.0 Å². The molecule has 1 rings (SSSR count). The third-order valence-electron chi connectivity index (χ3n) is 2.38. The van der Waals surface area contributed by atoms with Gasteiger partial charge in [0.1, 0.15) is 6.04 Å². The van der Waals surface area contributed by atoms with Crippen LogP contribution in [0.5, 0.6) is 0 Å². The third kappa shape index (κ3) is 3.43. The number of carbonyl (C=O) groups excluding carboxylic acids is 1. The lowest BCUT2D eigenvalue weighted by Gasteiger charge is -2.16. The van der Waals surface area contributed by atoms with E-state index in [1.54, 1.807) is 6.07 Å². The fourth-order valence-corrected chi connectivity index (χ4v) is 1.76. The number of hydrogen-bond acceptors (Lipinski definition) is 5. The summed E-state index contributed by atoms with van der Waals surface area (Å²) < 4.78 is 5.29. The van der Waals surface area contributed by atoms with Crippen molar-refractivity contribution < 1.29 is 14.5 Å². The van der Waals surface area contributed by atoms with Gasteiger partial charge in [0.25, 0.3) is 5.69 Å². The molecule has 1 atom stereocenters. The molecule has 0 saturated heterocycles. The molecule has 1 N–H and O–H groups in total. The fraction of sp³-hybridized carbons (Fsp3) is 0.364. The second-order valence-corrected chi connectivity index (χ2v) is 4.40. The summed E-state index contributed by atoms with van der Waals surface area (Å²) in [5, 5.41) is 13.6. The highest BCUT2D eigenvalue weighted by molar-refractivity contribution is 9.10. The second-order valence-electron chi connectivity index (χ2n) is 3.55. The predicted molar refractivity (Wildman–Crippen MR) is 70.5 cm³/mol. The number of anilines is 1. The maximum absolute atomic E-state index is 11.4. The molecule has 1 aromatic rings. The molecule has 1 unspecified atom stereocenters. The van der Waals surface area contributed by atoms with Crippen molar-refractivity contribution >= 4 is 33.3 Å². The van der Waals surface area contributed by atoms with Crippen LogP contribution < -0.4 is 5.32 Å². The number of benzene rings is 1. The average Bonchev–Trinajstić information content (AvgIpc) is 2.36. The van der Waals surface area contributed by atoms with Gasteiger partial charge in [-0.25, -0.2) is 4.79 Å². The minimum Gasteiger partial charge on any atom is -0.467 e. The van der Waals surface area contributed by atoms with Gasteiger partial charge in [-0.1, -0.05) is 6.92 Å². The highest BCUT2D eigenvalue weighted by Crippen LogP contribution is 2.28. The third-order valence-corrected chi connectivity index (χ3v) is 3.08. The van der Waals surface area contributed by atoms with Gasteiger partial charge in [0.15, 0.2) is 0 Å². The lowest BCUT2D eigenvalue weighted by Crippen LogP contribution is -2.29. The Morgan fingerprint density at radius 1 is 1.61 bits per heavy atom. The average molecular weight is 317 g/mol. The molecule has 6 nitrogen and oxygen atoms in total. The number of methoxy groups -OCH3 is 1. The van der Waals surface area contributed by atoms with Crippen LogP contribution in [0.15, 0.2) is 22.7 Å². The minimum atomic E-state index is -0.534. The van der Waals surface area contributed by atoms with E-state index in [0.29, 0.717) is 16.6 Å². The van der Waals surface area contributed by atoms with Crippen molar-refractivity contribution in [1.29, 1.82) is 0 Å². The molecule has 1 aromatic carbocycles. The van der Waals surface area contributed by atoms with Crippen molar-refractivity contribution in [1.82, 2.24) is 0 Å². The van der Waals surface area contributed by atoms with E-state index >= 15 is 0 Å². The second kappa shape index (κ2) is 6.34. The van der Waals surface area contributed by atoms with Crippen molar-refractivity contribution in [2.24, 2.45) is 0 Å². The van der Waals surface area contributed by atoms with Crippen LogP contribution in [-0.2, 0) is 9.53 Å². The van der Waals surface area contributed by atoms with Gasteiger partial charge in [-0.2, -0.15) is 0 Å². The van der Waals surface area contributed by atoms with Crippen LogP contribution in [0.3, 0.4) is 0 Å². The summed E-state index contributed by atoms with van der Waals surface area (Å²) in [6.45, 7) is 1.82. The van der Waals surface area contributed by atoms with Gasteiger partial charge < -0.3 is 10.1 Å². The Morgan fingerprint density at radius 3 is 2.78 bits per heavy atom. The van der Waals surface area contributed by atoms with Crippen molar-refractivity contribution in [3.63, 3.8) is 0 Å². The van der Waals surface area contributed by atoms with Gasteiger partial charge in [0.05, 0.1) is 17.7 Å². The van der Waals surface area contributed by atoms with Crippen LogP contribution in [0.25, 0.3) is 0 Å². The van der Waals surface area contributed by atoms with Gasteiger partial charge >= 0.3 is 5.97 Å². The van der Waals surface area contributed by atoms with E-state index < -0.39 is 16.9 Å². The molecule has 7 heteroatoms. The van der Waals surface area contributed by atoms with E-state index in [0.717, 1.165) is 0 Å². The first-order chi connectivity index (χ1) is 8.49. The van der Waals surface area contributed by atoms with Gasteiger partial charge in [-0.15, -0.1) is 0 Å². The number of nitrogens with one attached hydrogen (secondary N) is 1. The number of non-ortho nitro benzene ring substituents is 1. The first-order valence-corrected chi connectivity index (χ1v) is 6.07. The Morgan fingerprint density at radius 2 is 2.28 bits per heavy atom. The summed E-state index contributed by atoms with van der Waals surface area (Å²) in [5.74, 6) is -0.407. The summed E-state index contributed by atoms with van der Waals surface area (Å²) in [6.07, 6.45) is 0.516. The number of hydrogen-bond donors (Lipinski definition) is 1. The fourth-order valence-electron chi connectivity index (χ4n) is 1.40. The number of esters is 1. The maximum Gasteiger partial charge on any atom is 0.328 e. The molecule has 0 saturated carbocycles. The Labute approximate surface area is 113 Å². The zero-order chi connectivity index (χ0) is 13.7. The van der Waals surface area contributed by atoms with Crippen LogP contribution in [0, 0.1) is 10.1 Å². The van der Waals surface area contributed by atoms with Crippen LogP contribution in [0.1, 0.15) is 13.3 Å². The number of rotatable bonds is 5. The standard InChI is InChI=1S/C11H13BrN2O4/c1-3-9(11(15)18-2)13-10-6-7(14(16)17)4-5-8(10)12/h4-6,9,13H,3H2,1-2H3. The van der Waals surface area contributed by atoms with Gasteiger partial charge in [0, 0.05) is 16.6 Å². The molecule has 0 aliphatic carbocycles. The van der Waals surface area contributed by atoms with Crippen LogP contribution in [0.4, 0.5) is 11.4 Å². The monoisotopic (exact) mass is 316 g/mol. The van der Waals surface area contributed by atoms with Gasteiger partial charge in [-0.3, -0.25) is 10.1 Å². The molecule has 0 bridgehead atoms. The maximum atomic E-state index is 11.4. The molecule has 18 heavy (non-hydrogen) atoms. The Kier molecular flexibility index (Phi) is 5.08. The Balaban J connectivity index is 2.98. The SMILES string of the molecule is CCC(Nc1cc([N+](=O)[O-])ccc1Br)C(=O)OC. The molecule has 0 heterocycles. The Hall–Kier alpha value is -1.63. The lowest BCUT2D eigenvalue weighted by molar-refractivity contribution is -0.384. The van der Waals surface area contributed by atoms with Crippen molar-refractivity contribution in [3.05, 3.63) is 32.8 Å². The highest BCUT2D eigenvalue weighted by Gasteiger charge is 2.19. The Bertz CT molecular complexity index is 464. The van der Waals surface area contributed by atoms with Crippen LogP contribution >= 0.6 is 15.9 Å². The van der Waals surface area contributed by atoms with Crippen molar-refractivity contribution in [2.45, 2.75) is 19.4 Å². The van der Waals surface area contributed by atoms with Gasteiger partial charge in [0.2, 0.25) is 0 Å². The molecule has 0 spiro atoms. The number of ether oxygens (including phenoxy) is 1. The lowest BCUT2D eigenvalue weighted by atomic mass is 10.2. The topological polar surface area (TPSA) is 81.5 Å². The molecule has 0 fully saturated rings. The number of halogens is 1. The molecule has 0 aliphatic heterocycles. The first-order valence-electron chi connectivity index (χ1n) is 5.27. The van der Waals surface area contributed by atoms with E-state index in [2.05, 4.69) is 26.0 Å². The predicted octanol–water partition coefficient (Wildman–Crippen LogP) is 2.72. The van der Waals surface area contributed by atoms with E-state index in [9.17, 15) is 14.9 Å². The molecule has 0 aromatic heterocycles. The van der Waals surface area contributed by atoms with E-state index in [1.807, 2.05) is 6.92 Å². The largest absolute Gasteiger partial charge is 0.467 e. The number of nitro benzene ring substituents is 1. The number of nitrogens with zero attached hydrogens (tertiary/aromatic N) is 1. The van der Waals surface area contributed by atoms with Crippen LogP contribution in [0.2, 0.25) is 0 Å². The molecule has 0 aliphatic rings. The minimum absolute atomic E-state index is 0.0413. The zero-order valence-electron chi connectivity index (χ0n) is 9.97. The zero-order valence-corrected chi connectivity index (χ0v) is 11.6. The highest BCUT2D eigenvalue weighted by atomic mass is 79.9. The van der Waals surface area contributed by atoms with Crippen molar-refractivity contribution in [2.75, 3.05) is 12.4 Å². The molecule has 98 valence electrons. The van der Waals surface area contributed by atoms with Gasteiger partial charge in [-0.05, 0) is 28.4 Å². The molecular weight excluding hydrogens is 304 g/mol. The molecule has 0 amide bonds. The molecular formula is C11H13BrN2O4. The summed E-state index contributed by atoms with van der Waals surface area (Å²) in [6, 6.07) is 3.78. The summed E-state index contributed by atoms with van der Waals surface area (Å²) >= 11 is 3.27. The first kappa shape index (κ1) is 14.4. The van der Waals surface area contributed by atoms with E-state index in [-0.39, 0.29) is 5.69 Å². The number of carbonyl (C=O) groups is 1. The normalized spacial score (nSPS) is 11.7. The number of nitro groups is 1. The van der Waals surface area contributed by atoms with E-state index in [1.165, 1.54) is 19.2 Å². The summed E-state index contributed by atoms with van der Waals surface area (Å²) in [5.41, 5.74) is 0.446. The summed E-state index contributed by atoms with van der Waals surface area (Å²) in [7, 11) is 1.30. The molecule has 0 radical (unpaired) electrons. The van der Waals surface area contributed by atoms with E-state index in [4.69, 9.17) is 0 Å².